The molecule has 0 N–H and O–H groups in total. The van der Waals surface area contributed by atoms with Crippen LogP contribution >= 0.6 is 15.9 Å². The predicted octanol–water partition coefficient (Wildman–Crippen LogP) is 5.15. The zero-order valence-corrected chi connectivity index (χ0v) is 17.6. The lowest BCUT2D eigenvalue weighted by Gasteiger charge is -2.19. The van der Waals surface area contributed by atoms with E-state index in [1.165, 1.54) is 0 Å². The van der Waals surface area contributed by atoms with Crippen LogP contribution < -0.4 is 4.90 Å². The number of halogens is 1. The quantitative estimate of drug-likeness (QED) is 0.392. The van der Waals surface area contributed by atoms with Crippen LogP contribution in [0.3, 0.4) is 0 Å². The van der Waals surface area contributed by atoms with Crippen molar-refractivity contribution in [2.45, 2.75) is 20.4 Å². The molecule has 5 nitrogen and oxygen atoms in total. The van der Waals surface area contributed by atoms with Gasteiger partial charge in [0, 0.05) is 24.8 Å². The number of rotatable bonds is 6. The van der Waals surface area contributed by atoms with Crippen molar-refractivity contribution in [3.05, 3.63) is 71.1 Å². The maximum atomic E-state index is 4.89. The van der Waals surface area contributed by atoms with Gasteiger partial charge < -0.3 is 9.47 Å². The number of fused-ring (bicyclic) bond motifs is 1. The van der Waals surface area contributed by atoms with E-state index < -0.39 is 0 Å². The van der Waals surface area contributed by atoms with Crippen molar-refractivity contribution in [2.24, 2.45) is 0 Å². The summed E-state index contributed by atoms with van der Waals surface area (Å²) >= 11 is 3.46. The Morgan fingerprint density at radius 3 is 2.46 bits per heavy atom. The van der Waals surface area contributed by atoms with E-state index in [-0.39, 0.29) is 0 Å². The lowest BCUT2D eigenvalue weighted by atomic mass is 10.2. The molecule has 0 atom stereocenters. The Balaban J connectivity index is 1.78. The van der Waals surface area contributed by atoms with Crippen LogP contribution in [0.4, 0.5) is 5.82 Å². The van der Waals surface area contributed by atoms with Crippen LogP contribution in [0, 0.1) is 0 Å². The van der Waals surface area contributed by atoms with Crippen molar-refractivity contribution < 1.29 is 0 Å². The van der Waals surface area contributed by atoms with Gasteiger partial charge in [0.05, 0.1) is 23.3 Å². The minimum absolute atomic E-state index is 0.646. The molecule has 3 aromatic heterocycles. The van der Waals surface area contributed by atoms with Crippen molar-refractivity contribution >= 4 is 32.8 Å². The number of imidazole rings is 1. The zero-order valence-electron chi connectivity index (χ0n) is 16.0. The SMILES string of the molecule is CCN(CC)c1ccc(-c2nc3ccccc3n2Cc2cccc(Br)n2)cn1. The maximum Gasteiger partial charge on any atom is 0.143 e. The standard InChI is InChI=1S/C22H22BrN5/c1-3-27(4-2)21-13-12-16(14-24-21)22-26-18-9-5-6-10-19(18)28(22)15-17-8-7-11-20(23)25-17/h5-14H,3-4,15H2,1-2H3. The predicted molar refractivity (Wildman–Crippen MR) is 118 cm³/mol. The van der Waals surface area contributed by atoms with E-state index in [0.29, 0.717) is 6.54 Å². The Hall–Kier alpha value is -2.73. The highest BCUT2D eigenvalue weighted by molar-refractivity contribution is 9.10. The summed E-state index contributed by atoms with van der Waals surface area (Å²) < 4.78 is 3.04. The zero-order chi connectivity index (χ0) is 19.5. The molecule has 0 saturated heterocycles. The molecule has 28 heavy (non-hydrogen) atoms. The van der Waals surface area contributed by atoms with Crippen LogP contribution in [-0.4, -0.2) is 32.6 Å². The number of nitrogens with zero attached hydrogens (tertiary/aromatic N) is 5. The number of para-hydroxylation sites is 2. The van der Waals surface area contributed by atoms with Gasteiger partial charge in [0.1, 0.15) is 16.2 Å². The van der Waals surface area contributed by atoms with Crippen LogP contribution in [-0.2, 0) is 6.54 Å². The molecule has 0 unspecified atom stereocenters. The third-order valence-electron chi connectivity index (χ3n) is 4.84. The summed E-state index contributed by atoms with van der Waals surface area (Å²) in [5, 5.41) is 0. The summed E-state index contributed by atoms with van der Waals surface area (Å²) in [5.41, 5.74) is 4.04. The van der Waals surface area contributed by atoms with Crippen molar-refractivity contribution in [1.29, 1.82) is 0 Å². The molecule has 0 aliphatic rings. The summed E-state index contributed by atoms with van der Waals surface area (Å²) in [6.07, 6.45) is 1.92. The molecule has 0 aliphatic heterocycles. The average Bonchev–Trinajstić information content (AvgIpc) is 3.08. The van der Waals surface area contributed by atoms with E-state index in [9.17, 15) is 0 Å². The first-order chi connectivity index (χ1) is 13.7. The third kappa shape index (κ3) is 3.64. The fourth-order valence-corrected chi connectivity index (χ4v) is 3.79. The lowest BCUT2D eigenvalue weighted by Crippen LogP contribution is -2.22. The van der Waals surface area contributed by atoms with E-state index in [0.717, 1.165) is 51.6 Å². The fraction of sp³-hybridized carbons (Fsp3) is 0.227. The van der Waals surface area contributed by atoms with Gasteiger partial charge in [0.15, 0.2) is 0 Å². The molecule has 142 valence electrons. The normalized spacial score (nSPS) is 11.1. The summed E-state index contributed by atoms with van der Waals surface area (Å²) in [5.74, 6) is 1.90. The molecule has 0 bridgehead atoms. The summed E-state index contributed by atoms with van der Waals surface area (Å²) in [6.45, 7) is 6.81. The van der Waals surface area contributed by atoms with Crippen molar-refractivity contribution in [3.8, 4) is 11.4 Å². The van der Waals surface area contributed by atoms with E-state index in [2.05, 4.69) is 67.4 Å². The van der Waals surface area contributed by atoms with E-state index in [1.54, 1.807) is 0 Å². The number of anilines is 1. The molecule has 4 aromatic rings. The molecule has 3 heterocycles. The van der Waals surface area contributed by atoms with Crippen LogP contribution in [0.25, 0.3) is 22.4 Å². The van der Waals surface area contributed by atoms with Crippen molar-refractivity contribution in [3.63, 3.8) is 0 Å². The maximum absolute atomic E-state index is 4.89. The Kier molecular flexibility index (Phi) is 5.39. The van der Waals surface area contributed by atoms with Crippen LogP contribution in [0.5, 0.6) is 0 Å². The number of hydrogen-bond acceptors (Lipinski definition) is 4. The highest BCUT2D eigenvalue weighted by atomic mass is 79.9. The number of aromatic nitrogens is 4. The minimum atomic E-state index is 0.646. The van der Waals surface area contributed by atoms with Gasteiger partial charge in [0.2, 0.25) is 0 Å². The monoisotopic (exact) mass is 435 g/mol. The van der Waals surface area contributed by atoms with Gasteiger partial charge in [0.25, 0.3) is 0 Å². The highest BCUT2D eigenvalue weighted by Gasteiger charge is 2.14. The summed E-state index contributed by atoms with van der Waals surface area (Å²) in [7, 11) is 0. The molecule has 1 aromatic carbocycles. The molecular formula is C22H22BrN5. The van der Waals surface area contributed by atoms with Gasteiger partial charge in [-0.25, -0.2) is 15.0 Å². The Morgan fingerprint density at radius 1 is 0.929 bits per heavy atom. The molecule has 0 radical (unpaired) electrons. The first-order valence-corrected chi connectivity index (χ1v) is 10.3. The number of pyridine rings is 2. The average molecular weight is 436 g/mol. The smallest absolute Gasteiger partial charge is 0.143 e. The first kappa shape index (κ1) is 18.6. The third-order valence-corrected chi connectivity index (χ3v) is 5.28. The second kappa shape index (κ2) is 8.10. The molecule has 4 rings (SSSR count). The van der Waals surface area contributed by atoms with Crippen molar-refractivity contribution in [1.82, 2.24) is 19.5 Å². The molecule has 0 spiro atoms. The van der Waals surface area contributed by atoms with Gasteiger partial charge in [-0.15, -0.1) is 0 Å². The van der Waals surface area contributed by atoms with Crippen LogP contribution in [0.2, 0.25) is 0 Å². The van der Waals surface area contributed by atoms with Gasteiger partial charge in [-0.05, 0) is 66.2 Å². The molecule has 0 saturated carbocycles. The Morgan fingerprint density at radius 2 is 1.75 bits per heavy atom. The van der Waals surface area contributed by atoms with Crippen molar-refractivity contribution in [2.75, 3.05) is 18.0 Å². The second-order valence-electron chi connectivity index (χ2n) is 6.54. The molecule has 6 heteroatoms. The molecule has 0 amide bonds. The van der Waals surface area contributed by atoms with Gasteiger partial charge >= 0.3 is 0 Å². The molecule has 0 fully saturated rings. The van der Waals surface area contributed by atoms with Crippen LogP contribution in [0.1, 0.15) is 19.5 Å². The lowest BCUT2D eigenvalue weighted by molar-refractivity contribution is 0.802. The highest BCUT2D eigenvalue weighted by Crippen LogP contribution is 2.26. The van der Waals surface area contributed by atoms with Gasteiger partial charge in [-0.2, -0.15) is 0 Å². The second-order valence-corrected chi connectivity index (χ2v) is 7.35. The first-order valence-electron chi connectivity index (χ1n) is 9.47. The topological polar surface area (TPSA) is 46.8 Å². The molecule has 0 aliphatic carbocycles. The summed E-state index contributed by atoms with van der Waals surface area (Å²) in [6, 6.07) is 18.4. The van der Waals surface area contributed by atoms with Crippen LogP contribution in [0.15, 0.2) is 65.4 Å². The Bertz CT molecular complexity index is 1080. The van der Waals surface area contributed by atoms with E-state index in [4.69, 9.17) is 4.98 Å². The van der Waals surface area contributed by atoms with E-state index >= 15 is 0 Å². The van der Waals surface area contributed by atoms with Gasteiger partial charge in [-0.1, -0.05) is 18.2 Å². The largest absolute Gasteiger partial charge is 0.357 e. The van der Waals surface area contributed by atoms with E-state index in [1.807, 2.05) is 42.6 Å². The number of benzene rings is 1. The fourth-order valence-electron chi connectivity index (χ4n) is 3.41. The minimum Gasteiger partial charge on any atom is -0.357 e. The van der Waals surface area contributed by atoms with Gasteiger partial charge in [-0.3, -0.25) is 0 Å². The summed E-state index contributed by atoms with van der Waals surface area (Å²) in [4.78, 5) is 16.4. The Labute approximate surface area is 173 Å². The number of hydrogen-bond donors (Lipinski definition) is 0. The molecular weight excluding hydrogens is 414 g/mol.